The number of carbonyl (C=O) groups is 1. The third kappa shape index (κ3) is 5.56. The van der Waals surface area contributed by atoms with E-state index in [4.69, 9.17) is 4.74 Å². The van der Waals surface area contributed by atoms with E-state index in [1.807, 2.05) is 36.4 Å². The van der Waals surface area contributed by atoms with Gasteiger partial charge in [-0.25, -0.2) is 13.1 Å². The molecule has 0 aromatic heterocycles. The van der Waals surface area contributed by atoms with Crippen molar-refractivity contribution in [1.82, 2.24) is 14.5 Å². The zero-order valence-corrected chi connectivity index (χ0v) is 20.9. The number of benzene rings is 3. The molecule has 1 heterocycles. The molecule has 0 atom stereocenters. The summed E-state index contributed by atoms with van der Waals surface area (Å²) >= 11 is 0. The molecule has 1 amide bonds. The maximum absolute atomic E-state index is 13.4. The van der Waals surface area contributed by atoms with Crippen LogP contribution in [0.15, 0.2) is 83.8 Å². The van der Waals surface area contributed by atoms with Crippen molar-refractivity contribution in [2.45, 2.75) is 17.9 Å². The molecule has 1 saturated heterocycles. The zero-order valence-electron chi connectivity index (χ0n) is 20.1. The van der Waals surface area contributed by atoms with Crippen molar-refractivity contribution in [2.75, 3.05) is 39.8 Å². The van der Waals surface area contributed by atoms with Crippen LogP contribution in [0.5, 0.6) is 5.75 Å². The minimum absolute atomic E-state index is 0.0513. The fourth-order valence-corrected chi connectivity index (χ4v) is 5.60. The second-order valence-corrected chi connectivity index (χ2v) is 10.2. The molecule has 1 fully saturated rings. The van der Waals surface area contributed by atoms with Gasteiger partial charge in [0, 0.05) is 32.7 Å². The van der Waals surface area contributed by atoms with Gasteiger partial charge in [0.1, 0.15) is 5.75 Å². The Kier molecular flexibility index (Phi) is 7.85. The maximum atomic E-state index is 13.4. The Labute approximate surface area is 207 Å². The zero-order chi connectivity index (χ0) is 24.8. The second kappa shape index (κ2) is 11.0. The molecule has 8 heteroatoms. The van der Waals surface area contributed by atoms with Gasteiger partial charge in [0.05, 0.1) is 23.6 Å². The van der Waals surface area contributed by atoms with Gasteiger partial charge in [-0.1, -0.05) is 67.6 Å². The largest absolute Gasteiger partial charge is 0.496 e. The normalized spacial score (nSPS) is 14.8. The van der Waals surface area contributed by atoms with Gasteiger partial charge in [-0.2, -0.15) is 0 Å². The van der Waals surface area contributed by atoms with Crippen molar-refractivity contribution < 1.29 is 17.9 Å². The molecule has 3 aromatic carbocycles. The Hall–Kier alpha value is -3.20. The molecule has 7 nitrogen and oxygen atoms in total. The van der Waals surface area contributed by atoms with Crippen LogP contribution < -0.4 is 9.46 Å². The van der Waals surface area contributed by atoms with Crippen molar-refractivity contribution in [2.24, 2.45) is 0 Å². The minimum Gasteiger partial charge on any atom is -0.496 e. The van der Waals surface area contributed by atoms with Crippen LogP contribution in [0.3, 0.4) is 0 Å². The summed E-state index contributed by atoms with van der Waals surface area (Å²) in [5, 5.41) is 0. The van der Waals surface area contributed by atoms with Gasteiger partial charge in [0.25, 0.3) is 5.91 Å². The Morgan fingerprint density at radius 1 is 0.914 bits per heavy atom. The van der Waals surface area contributed by atoms with E-state index in [0.29, 0.717) is 31.9 Å². The van der Waals surface area contributed by atoms with E-state index in [9.17, 15) is 13.2 Å². The first kappa shape index (κ1) is 24.9. The summed E-state index contributed by atoms with van der Waals surface area (Å²) in [4.78, 5) is 17.7. The quantitative estimate of drug-likeness (QED) is 0.519. The number of methoxy groups -OCH3 is 1. The number of piperazine rings is 1. The van der Waals surface area contributed by atoms with Crippen LogP contribution in [-0.2, 0) is 10.0 Å². The summed E-state index contributed by atoms with van der Waals surface area (Å²) in [6.07, 6.45) is 0. The molecule has 1 aliphatic rings. The van der Waals surface area contributed by atoms with Crippen molar-refractivity contribution in [3.63, 3.8) is 0 Å². The lowest BCUT2D eigenvalue weighted by molar-refractivity contribution is 0.0594. The molecule has 184 valence electrons. The van der Waals surface area contributed by atoms with E-state index in [1.54, 1.807) is 11.8 Å². The number of hydrogen-bond donors (Lipinski definition) is 1. The Morgan fingerprint density at radius 3 is 2.00 bits per heavy atom. The van der Waals surface area contributed by atoms with Crippen LogP contribution >= 0.6 is 0 Å². The fourth-order valence-electron chi connectivity index (χ4n) is 4.53. The molecule has 0 unspecified atom stereocenters. The van der Waals surface area contributed by atoms with Gasteiger partial charge in [-0.15, -0.1) is 0 Å². The van der Waals surface area contributed by atoms with Crippen LogP contribution in [0, 0.1) is 0 Å². The Morgan fingerprint density at radius 2 is 1.49 bits per heavy atom. The molecule has 0 aliphatic carbocycles. The molecule has 4 rings (SSSR count). The molecule has 0 radical (unpaired) electrons. The highest BCUT2D eigenvalue weighted by atomic mass is 32.2. The van der Waals surface area contributed by atoms with E-state index in [1.165, 1.54) is 36.4 Å². The van der Waals surface area contributed by atoms with Crippen molar-refractivity contribution in [3.8, 4) is 5.75 Å². The van der Waals surface area contributed by atoms with Gasteiger partial charge >= 0.3 is 0 Å². The standard InChI is InChI=1S/C27H31N3O4S/c1-3-28-35(32,33)23-14-15-25(34-2)24(20-23)27(31)30-18-16-29(17-19-30)26(21-10-6-4-7-11-21)22-12-8-5-9-13-22/h4-15,20,26,28H,3,16-19H2,1-2H3. The van der Waals surface area contributed by atoms with Crippen molar-refractivity contribution in [3.05, 3.63) is 95.6 Å². The Balaban J connectivity index is 1.55. The molecule has 0 bridgehead atoms. The van der Waals surface area contributed by atoms with E-state index in [0.717, 1.165) is 0 Å². The fraction of sp³-hybridized carbons (Fsp3) is 0.296. The van der Waals surface area contributed by atoms with Crippen LogP contribution in [0.25, 0.3) is 0 Å². The van der Waals surface area contributed by atoms with Crippen molar-refractivity contribution >= 4 is 15.9 Å². The highest BCUT2D eigenvalue weighted by Gasteiger charge is 2.30. The predicted octanol–water partition coefficient (Wildman–Crippen LogP) is 3.54. The number of rotatable bonds is 8. The SMILES string of the molecule is CCNS(=O)(=O)c1ccc(OC)c(C(=O)N2CCN(C(c3ccccc3)c3ccccc3)CC2)c1. The third-order valence-corrected chi connectivity index (χ3v) is 7.79. The first-order valence-corrected chi connectivity index (χ1v) is 13.2. The number of nitrogens with zero attached hydrogens (tertiary/aromatic N) is 2. The van der Waals surface area contributed by atoms with Gasteiger partial charge in [-0.05, 0) is 29.3 Å². The first-order valence-electron chi connectivity index (χ1n) is 11.8. The topological polar surface area (TPSA) is 78.9 Å². The monoisotopic (exact) mass is 493 g/mol. The molecule has 0 spiro atoms. The number of hydrogen-bond acceptors (Lipinski definition) is 5. The van der Waals surface area contributed by atoms with Crippen LogP contribution in [-0.4, -0.2) is 64.0 Å². The molecule has 35 heavy (non-hydrogen) atoms. The van der Waals surface area contributed by atoms with Gasteiger partial charge in [-0.3, -0.25) is 9.69 Å². The van der Waals surface area contributed by atoms with E-state index in [-0.39, 0.29) is 29.0 Å². The number of carbonyl (C=O) groups excluding carboxylic acids is 1. The summed E-state index contributed by atoms with van der Waals surface area (Å²) < 4.78 is 32.8. The van der Waals surface area contributed by atoms with Crippen LogP contribution in [0.2, 0.25) is 0 Å². The molecule has 3 aromatic rings. The van der Waals surface area contributed by atoms with Crippen LogP contribution in [0.4, 0.5) is 0 Å². The third-order valence-electron chi connectivity index (χ3n) is 6.24. The van der Waals surface area contributed by atoms with E-state index in [2.05, 4.69) is 33.9 Å². The summed E-state index contributed by atoms with van der Waals surface area (Å²) in [5.41, 5.74) is 2.67. The van der Waals surface area contributed by atoms with Gasteiger partial charge < -0.3 is 9.64 Å². The lowest BCUT2D eigenvalue weighted by Crippen LogP contribution is -2.50. The lowest BCUT2D eigenvalue weighted by atomic mass is 9.96. The Bertz CT molecular complexity index is 1200. The van der Waals surface area contributed by atoms with E-state index < -0.39 is 10.0 Å². The summed E-state index contributed by atoms with van der Waals surface area (Å²) in [5.74, 6) is 0.130. The number of amides is 1. The second-order valence-electron chi connectivity index (χ2n) is 8.42. The van der Waals surface area contributed by atoms with Gasteiger partial charge in [0.15, 0.2) is 0 Å². The minimum atomic E-state index is -3.69. The van der Waals surface area contributed by atoms with E-state index >= 15 is 0 Å². The van der Waals surface area contributed by atoms with Crippen molar-refractivity contribution in [1.29, 1.82) is 0 Å². The molecule has 1 aliphatic heterocycles. The number of sulfonamides is 1. The molecule has 1 N–H and O–H groups in total. The molecule has 0 saturated carbocycles. The summed E-state index contributed by atoms with van der Waals surface area (Å²) in [6, 6.07) is 25.2. The average molecular weight is 494 g/mol. The molecular weight excluding hydrogens is 462 g/mol. The smallest absolute Gasteiger partial charge is 0.257 e. The van der Waals surface area contributed by atoms with Gasteiger partial charge in [0.2, 0.25) is 10.0 Å². The highest BCUT2D eigenvalue weighted by Crippen LogP contribution is 2.30. The number of ether oxygens (including phenoxy) is 1. The summed E-state index contributed by atoms with van der Waals surface area (Å²) in [6.45, 7) is 4.43. The first-order chi connectivity index (χ1) is 16.9. The molecular formula is C27H31N3O4S. The van der Waals surface area contributed by atoms with Crippen LogP contribution in [0.1, 0.15) is 34.5 Å². The average Bonchev–Trinajstić information content (AvgIpc) is 2.90. The highest BCUT2D eigenvalue weighted by molar-refractivity contribution is 7.89. The maximum Gasteiger partial charge on any atom is 0.257 e. The predicted molar refractivity (Wildman–Crippen MR) is 136 cm³/mol. The number of nitrogens with one attached hydrogen (secondary N) is 1. The lowest BCUT2D eigenvalue weighted by Gasteiger charge is -2.40. The summed E-state index contributed by atoms with van der Waals surface area (Å²) in [7, 11) is -2.21.